The molecule has 0 saturated heterocycles. The molecule has 0 spiro atoms. The summed E-state index contributed by atoms with van der Waals surface area (Å²) >= 11 is 8.80. The summed E-state index contributed by atoms with van der Waals surface area (Å²) in [4.78, 5) is 16.0. The van der Waals surface area contributed by atoms with Gasteiger partial charge in [-0.1, -0.05) is 11.6 Å². The van der Waals surface area contributed by atoms with Crippen molar-refractivity contribution >= 4 is 64.9 Å². The van der Waals surface area contributed by atoms with E-state index in [1.807, 2.05) is 0 Å². The van der Waals surface area contributed by atoms with Crippen molar-refractivity contribution in [1.82, 2.24) is 4.98 Å². The van der Waals surface area contributed by atoms with E-state index < -0.39 is 26.0 Å². The Kier molecular flexibility index (Phi) is 5.95. The number of nitrogens with one attached hydrogen (secondary N) is 1. The van der Waals surface area contributed by atoms with Gasteiger partial charge in [-0.05, 0) is 46.3 Å². The van der Waals surface area contributed by atoms with Crippen LogP contribution >= 0.6 is 27.5 Å². The molecule has 0 radical (unpaired) electrons. The van der Waals surface area contributed by atoms with Crippen molar-refractivity contribution in [1.29, 1.82) is 0 Å². The van der Waals surface area contributed by atoms with Crippen LogP contribution in [0.2, 0.25) is 5.15 Å². The average Bonchev–Trinajstić information content (AvgIpc) is 2.48. The van der Waals surface area contributed by atoms with Crippen LogP contribution in [-0.4, -0.2) is 40.2 Å². The summed E-state index contributed by atoms with van der Waals surface area (Å²) in [5, 5.41) is 2.84. The van der Waals surface area contributed by atoms with Gasteiger partial charge in [0.15, 0.2) is 0 Å². The topological polar surface area (TPSA) is 114 Å². The van der Waals surface area contributed by atoms with Crippen molar-refractivity contribution < 1.29 is 21.6 Å². The molecule has 0 fully saturated rings. The normalized spacial score (nSPS) is 11.8. The number of halogens is 2. The Balaban J connectivity index is 2.35. The maximum absolute atomic E-state index is 12.2. The number of carbonyl (C=O) groups excluding carboxylic acids is 1. The van der Waals surface area contributed by atoms with Crippen LogP contribution in [0.1, 0.15) is 10.4 Å². The van der Waals surface area contributed by atoms with Crippen LogP contribution in [0.5, 0.6) is 0 Å². The predicted molar refractivity (Wildman–Crippen MR) is 104 cm³/mol. The number of hydrogen-bond acceptors (Lipinski definition) is 6. The van der Waals surface area contributed by atoms with E-state index in [-0.39, 0.29) is 20.9 Å². The lowest BCUT2D eigenvalue weighted by Crippen LogP contribution is -2.35. The maximum atomic E-state index is 12.2. The molecular formula is C14H13BrClN3O5S2. The Hall–Kier alpha value is -1.69. The first kappa shape index (κ1) is 20.6. The molecule has 0 aliphatic carbocycles. The molecule has 2 rings (SSSR count). The quantitative estimate of drug-likeness (QED) is 0.655. The standard InChI is InChI=1S/C14H13BrClN3O5S2/c1-25(21,22)19(26(2,23)24)12-5-4-10(7-11(12)15)18-14(20)9-3-6-13(16)17-8-9/h3-8H,1-2H3,(H,18,20). The zero-order valence-corrected chi connectivity index (χ0v) is 17.4. The number of amides is 1. The molecule has 1 aromatic heterocycles. The van der Waals surface area contributed by atoms with Crippen LogP contribution in [0, 0.1) is 0 Å². The molecule has 8 nitrogen and oxygen atoms in total. The Morgan fingerprint density at radius 2 is 1.73 bits per heavy atom. The Bertz CT molecular complexity index is 1020. The van der Waals surface area contributed by atoms with E-state index >= 15 is 0 Å². The number of rotatable bonds is 5. The van der Waals surface area contributed by atoms with Crippen molar-refractivity contribution in [3.8, 4) is 0 Å². The lowest BCUT2D eigenvalue weighted by atomic mass is 10.2. The zero-order valence-electron chi connectivity index (χ0n) is 13.5. The molecule has 0 saturated carbocycles. The average molecular weight is 483 g/mol. The highest BCUT2D eigenvalue weighted by molar-refractivity contribution is 9.10. The van der Waals surface area contributed by atoms with Crippen molar-refractivity contribution in [2.75, 3.05) is 21.5 Å². The number of nitrogens with zero attached hydrogens (tertiary/aromatic N) is 2. The van der Waals surface area contributed by atoms with E-state index in [9.17, 15) is 21.6 Å². The smallest absolute Gasteiger partial charge is 0.257 e. The number of carbonyl (C=O) groups is 1. The summed E-state index contributed by atoms with van der Waals surface area (Å²) in [6.45, 7) is 0. The summed E-state index contributed by atoms with van der Waals surface area (Å²) in [5.74, 6) is -0.461. The van der Waals surface area contributed by atoms with Crippen molar-refractivity contribution in [2.45, 2.75) is 0 Å². The minimum Gasteiger partial charge on any atom is -0.322 e. The summed E-state index contributed by atoms with van der Waals surface area (Å²) in [5.41, 5.74) is 0.493. The lowest BCUT2D eigenvalue weighted by molar-refractivity contribution is 0.102. The molecule has 0 aliphatic heterocycles. The monoisotopic (exact) mass is 481 g/mol. The highest BCUT2D eigenvalue weighted by atomic mass is 79.9. The lowest BCUT2D eigenvalue weighted by Gasteiger charge is -2.21. The molecule has 140 valence electrons. The van der Waals surface area contributed by atoms with E-state index in [1.165, 1.54) is 36.5 Å². The van der Waals surface area contributed by atoms with Gasteiger partial charge in [-0.25, -0.2) is 21.8 Å². The maximum Gasteiger partial charge on any atom is 0.257 e. The first-order valence-corrected chi connectivity index (χ1v) is 11.7. The molecular weight excluding hydrogens is 470 g/mol. The highest BCUT2D eigenvalue weighted by Crippen LogP contribution is 2.32. The van der Waals surface area contributed by atoms with E-state index in [0.29, 0.717) is 9.40 Å². The van der Waals surface area contributed by atoms with Crippen LogP contribution in [0.15, 0.2) is 41.0 Å². The van der Waals surface area contributed by atoms with Crippen LogP contribution in [0.25, 0.3) is 0 Å². The fourth-order valence-electron chi connectivity index (χ4n) is 2.05. The predicted octanol–water partition coefficient (Wildman–Crippen LogP) is 2.48. The fraction of sp³-hybridized carbons (Fsp3) is 0.143. The van der Waals surface area contributed by atoms with E-state index in [0.717, 1.165) is 12.5 Å². The minimum absolute atomic E-state index is 0.0961. The SMILES string of the molecule is CS(=O)(=O)N(c1ccc(NC(=O)c2ccc(Cl)nc2)cc1Br)S(C)(=O)=O. The summed E-state index contributed by atoms with van der Waals surface area (Å²) < 4.78 is 47.8. The van der Waals surface area contributed by atoms with Crippen molar-refractivity contribution in [3.05, 3.63) is 51.7 Å². The van der Waals surface area contributed by atoms with Crippen LogP contribution < -0.4 is 9.03 Å². The van der Waals surface area contributed by atoms with Gasteiger partial charge in [-0.2, -0.15) is 3.71 Å². The third-order valence-electron chi connectivity index (χ3n) is 2.99. The minimum atomic E-state index is -4.07. The van der Waals surface area contributed by atoms with Gasteiger partial charge in [-0.3, -0.25) is 4.79 Å². The molecule has 0 unspecified atom stereocenters. The fourth-order valence-corrected chi connectivity index (χ4v) is 5.95. The van der Waals surface area contributed by atoms with Gasteiger partial charge in [0.05, 0.1) is 23.8 Å². The van der Waals surface area contributed by atoms with Gasteiger partial charge >= 0.3 is 0 Å². The second-order valence-corrected chi connectivity index (χ2v) is 10.3. The molecule has 1 heterocycles. The second-order valence-electron chi connectivity index (χ2n) is 5.21. The van der Waals surface area contributed by atoms with Crippen LogP contribution in [0.3, 0.4) is 0 Å². The first-order valence-electron chi connectivity index (χ1n) is 6.82. The van der Waals surface area contributed by atoms with Gasteiger partial charge in [0.1, 0.15) is 5.15 Å². The molecule has 1 aromatic carbocycles. The molecule has 0 aliphatic rings. The second kappa shape index (κ2) is 7.51. The van der Waals surface area contributed by atoms with E-state index in [4.69, 9.17) is 11.6 Å². The summed E-state index contributed by atoms with van der Waals surface area (Å²) in [7, 11) is -8.15. The zero-order chi connectivity index (χ0) is 19.7. The van der Waals surface area contributed by atoms with Crippen molar-refractivity contribution in [3.63, 3.8) is 0 Å². The third kappa shape index (κ3) is 4.93. The van der Waals surface area contributed by atoms with E-state index in [1.54, 1.807) is 0 Å². The Morgan fingerprint density at radius 1 is 1.12 bits per heavy atom. The number of anilines is 2. The summed E-state index contributed by atoms with van der Waals surface area (Å²) in [6, 6.07) is 6.99. The molecule has 26 heavy (non-hydrogen) atoms. The third-order valence-corrected chi connectivity index (χ3v) is 7.08. The number of hydrogen-bond donors (Lipinski definition) is 1. The number of aromatic nitrogens is 1. The van der Waals surface area contributed by atoms with Gasteiger partial charge in [0, 0.05) is 16.4 Å². The van der Waals surface area contributed by atoms with Crippen LogP contribution in [-0.2, 0) is 20.0 Å². The van der Waals surface area contributed by atoms with Crippen LogP contribution in [0.4, 0.5) is 11.4 Å². The van der Waals surface area contributed by atoms with Gasteiger partial charge in [0.2, 0.25) is 20.0 Å². The molecule has 12 heteroatoms. The highest BCUT2D eigenvalue weighted by Gasteiger charge is 2.29. The van der Waals surface area contributed by atoms with Gasteiger partial charge < -0.3 is 5.32 Å². The first-order chi connectivity index (χ1) is 11.9. The molecule has 1 N–H and O–H groups in total. The van der Waals surface area contributed by atoms with Gasteiger partial charge in [0.25, 0.3) is 5.91 Å². The number of pyridine rings is 1. The Labute approximate surface area is 164 Å². The number of sulfonamides is 2. The molecule has 2 aromatic rings. The summed E-state index contributed by atoms with van der Waals surface area (Å²) in [6.07, 6.45) is 2.86. The molecule has 0 atom stereocenters. The Morgan fingerprint density at radius 3 is 2.19 bits per heavy atom. The molecule has 1 amide bonds. The van der Waals surface area contributed by atoms with Crippen molar-refractivity contribution in [2.24, 2.45) is 0 Å². The largest absolute Gasteiger partial charge is 0.322 e. The van der Waals surface area contributed by atoms with Gasteiger partial charge in [-0.15, -0.1) is 0 Å². The molecule has 0 bridgehead atoms. The van der Waals surface area contributed by atoms with E-state index in [2.05, 4.69) is 26.2 Å². The number of benzene rings is 1.